The number of halogens is 8. The van der Waals surface area contributed by atoms with E-state index in [1.54, 1.807) is 0 Å². The molecule has 0 N–H and O–H groups in total. The second-order valence-electron chi connectivity index (χ2n) is 15.6. The topological polar surface area (TPSA) is 0 Å². The third-order valence-electron chi connectivity index (χ3n) is 10.7. The molecule has 0 aliphatic carbocycles. The van der Waals surface area contributed by atoms with Gasteiger partial charge in [0.15, 0.2) is 0 Å². The van der Waals surface area contributed by atoms with Gasteiger partial charge in [-0.3, -0.25) is 0 Å². The maximum absolute atomic E-state index is 5.87. The van der Waals surface area contributed by atoms with Crippen LogP contribution in [0, 0.1) is 0 Å². The van der Waals surface area contributed by atoms with Gasteiger partial charge < -0.3 is 0 Å². The zero-order chi connectivity index (χ0) is 45.1. The predicted molar refractivity (Wildman–Crippen MR) is 287 cm³/mol. The van der Waals surface area contributed by atoms with Crippen molar-refractivity contribution >= 4 is 127 Å². The van der Waals surface area contributed by atoms with Crippen LogP contribution in [0.3, 0.4) is 0 Å². The van der Waals surface area contributed by atoms with Crippen LogP contribution in [0.15, 0.2) is 121 Å². The summed E-state index contributed by atoms with van der Waals surface area (Å²) in [5, 5.41) is 5.44. The molecule has 334 valence electrons. The fourth-order valence-corrected chi connectivity index (χ4v) is 12.4. The molecule has 0 atom stereocenters. The Balaban J connectivity index is 0.000000244. The molecule has 0 saturated carbocycles. The molecule has 0 amide bonds. The van der Waals surface area contributed by atoms with Crippen molar-refractivity contribution in [3.8, 4) is 22.3 Å². The fourth-order valence-electron chi connectivity index (χ4n) is 7.43. The van der Waals surface area contributed by atoms with Gasteiger partial charge in [-0.05, 0) is 36.1 Å². The van der Waals surface area contributed by atoms with Gasteiger partial charge in [-0.25, -0.2) is 0 Å². The molecule has 0 spiro atoms. The summed E-state index contributed by atoms with van der Waals surface area (Å²) in [4.78, 5) is 0. The van der Waals surface area contributed by atoms with Crippen LogP contribution < -0.4 is 0 Å². The number of unbranched alkanes of at least 4 members (excludes halogenated alkanes) is 10. The molecule has 2 radical (unpaired) electrons. The SMILES string of the molecule is CCc1cc2c(-c3ccccc3)cccc2[cH-]1.CCc1cc2c(-c3ccccc3)cccc2[cH-]1.Cl[Si](Cl)(Cl)CCCCCCCC[Si]CCCCCCCC[Si](Cl)(Cl)Cl.[Cl][Zr+2][Cl]. The van der Waals surface area contributed by atoms with E-state index >= 15 is 0 Å². The zero-order valence-electron chi connectivity index (χ0n) is 36.3. The molecule has 12 heteroatoms. The molecule has 6 aromatic carbocycles. The molecule has 0 nitrogen and oxygen atoms in total. The van der Waals surface area contributed by atoms with E-state index in [9.17, 15) is 0 Å². The van der Waals surface area contributed by atoms with Crippen LogP contribution in [0.1, 0.15) is 102 Å². The van der Waals surface area contributed by atoms with Crippen molar-refractivity contribution in [3.63, 3.8) is 0 Å². The Morgan fingerprint density at radius 1 is 0.452 bits per heavy atom. The summed E-state index contributed by atoms with van der Waals surface area (Å²) in [5.41, 5.74) is 8.11. The van der Waals surface area contributed by atoms with Gasteiger partial charge >= 0.3 is 49.9 Å². The molecule has 0 fully saturated rings. The van der Waals surface area contributed by atoms with Gasteiger partial charge in [-0.2, -0.15) is 12.1 Å². The van der Waals surface area contributed by atoms with Crippen molar-refractivity contribution in [3.05, 3.63) is 132 Å². The van der Waals surface area contributed by atoms with Crippen molar-refractivity contribution in [2.24, 2.45) is 0 Å². The van der Waals surface area contributed by atoms with E-state index in [4.69, 9.17) is 83.5 Å². The van der Waals surface area contributed by atoms with E-state index in [2.05, 4.69) is 135 Å². The quantitative estimate of drug-likeness (QED) is 0.0275. The molecule has 0 unspecified atom stereocenters. The molecule has 0 bridgehead atoms. The standard InChI is InChI=1S/2C17H15.C16H32Cl6Si3.2ClH.Zr/c2*1-2-13-11-15-9-6-10-16(17(15)12-13)14-7-4-3-5-8-14;17-24(18,19)15-11-7-3-1-5-9-13-23-14-10-6-2-4-8-12-16-25(20,21)22;;;/h2*3-12H,2H2,1H3;1-16H2;2*1H;/q2*-1;;;;+4/p-2. The van der Waals surface area contributed by atoms with Crippen LogP contribution in [-0.4, -0.2) is 21.5 Å². The maximum atomic E-state index is 5.87. The van der Waals surface area contributed by atoms with Gasteiger partial charge in [0.25, 0.3) is 0 Å². The molecular formula is C50H62Cl8Si3Zr. The number of hydrogen-bond donors (Lipinski definition) is 0. The zero-order valence-corrected chi connectivity index (χ0v) is 47.8. The van der Waals surface area contributed by atoms with Crippen LogP contribution in [-0.2, 0) is 33.7 Å². The molecule has 0 saturated heterocycles. The average Bonchev–Trinajstić information content (AvgIpc) is 3.90. The summed E-state index contributed by atoms with van der Waals surface area (Å²) in [6.07, 6.45) is 17.6. The van der Waals surface area contributed by atoms with Gasteiger partial charge in [-0.15, -0.1) is 136 Å². The summed E-state index contributed by atoms with van der Waals surface area (Å²) in [6.45, 7) is 4.41. The minimum atomic E-state index is -2.37. The van der Waals surface area contributed by atoms with Crippen molar-refractivity contribution in [2.45, 2.75) is 128 Å². The molecule has 0 aliphatic heterocycles. The Morgan fingerprint density at radius 3 is 1.13 bits per heavy atom. The number of hydrogen-bond acceptors (Lipinski definition) is 0. The fraction of sp³-hybridized carbons (Fsp3) is 0.400. The molecular weight excluding hydrogens is 1060 g/mol. The number of fused-ring (bicyclic) bond motifs is 2. The van der Waals surface area contributed by atoms with Gasteiger partial charge in [0, 0.05) is 9.52 Å². The first-order chi connectivity index (χ1) is 29.9. The van der Waals surface area contributed by atoms with E-state index < -0.39 is 32.9 Å². The van der Waals surface area contributed by atoms with E-state index in [1.807, 2.05) is 0 Å². The third kappa shape index (κ3) is 23.6. The first-order valence-electron chi connectivity index (χ1n) is 22.2. The molecule has 0 aliphatic rings. The monoisotopic (exact) mass is 1120 g/mol. The first kappa shape index (κ1) is 56.3. The van der Waals surface area contributed by atoms with Crippen LogP contribution in [0.25, 0.3) is 43.8 Å². The normalized spacial score (nSPS) is 11.3. The van der Waals surface area contributed by atoms with E-state index in [1.165, 1.54) is 131 Å². The second kappa shape index (κ2) is 32.6. The molecule has 0 aromatic heterocycles. The number of aryl methyl sites for hydroxylation is 2. The Bertz CT molecular complexity index is 1900. The van der Waals surface area contributed by atoms with Crippen molar-refractivity contribution < 1.29 is 20.8 Å². The van der Waals surface area contributed by atoms with E-state index in [0.717, 1.165) is 47.3 Å². The molecule has 0 heterocycles. The summed E-state index contributed by atoms with van der Waals surface area (Å²) in [5.74, 6) is 0. The molecule has 6 rings (SSSR count). The average molecular weight is 1120 g/mol. The Morgan fingerprint density at radius 2 is 0.790 bits per heavy atom. The van der Waals surface area contributed by atoms with Crippen LogP contribution in [0.4, 0.5) is 0 Å². The van der Waals surface area contributed by atoms with Crippen molar-refractivity contribution in [2.75, 3.05) is 0 Å². The summed E-state index contributed by atoms with van der Waals surface area (Å²) in [6, 6.07) is 43.2. The Hall–Kier alpha value is -0.0462. The molecule has 62 heavy (non-hydrogen) atoms. The Kier molecular flexibility index (Phi) is 29.6. The van der Waals surface area contributed by atoms with Gasteiger partial charge in [0.2, 0.25) is 0 Å². The van der Waals surface area contributed by atoms with Gasteiger partial charge in [0.05, 0.1) is 0 Å². The second-order valence-corrected chi connectivity index (χ2v) is 39.4. The van der Waals surface area contributed by atoms with Gasteiger partial charge in [0.1, 0.15) is 0 Å². The minimum absolute atomic E-state index is 0.813. The predicted octanol–water partition coefficient (Wildman–Crippen LogP) is 20.5. The summed E-state index contributed by atoms with van der Waals surface area (Å²) >= 11 is 34.4. The van der Waals surface area contributed by atoms with Crippen LogP contribution >= 0.6 is 83.5 Å². The first-order valence-corrected chi connectivity index (χ1v) is 40.4. The Labute approximate surface area is 425 Å². The van der Waals surface area contributed by atoms with Gasteiger partial charge in [-0.1, -0.05) is 187 Å². The van der Waals surface area contributed by atoms with E-state index in [0.29, 0.717) is 0 Å². The number of benzene rings is 4. The van der Waals surface area contributed by atoms with Crippen molar-refractivity contribution in [1.29, 1.82) is 0 Å². The number of rotatable bonds is 22. The van der Waals surface area contributed by atoms with Crippen LogP contribution in [0.2, 0.25) is 24.2 Å². The van der Waals surface area contributed by atoms with Crippen LogP contribution in [0.5, 0.6) is 0 Å². The molecule has 6 aromatic rings. The van der Waals surface area contributed by atoms with Crippen molar-refractivity contribution in [1.82, 2.24) is 0 Å². The summed E-state index contributed by atoms with van der Waals surface area (Å²) < 4.78 is 0. The third-order valence-corrected chi connectivity index (χ3v) is 17.4. The summed E-state index contributed by atoms with van der Waals surface area (Å²) in [7, 11) is 11.0. The van der Waals surface area contributed by atoms with E-state index in [-0.39, 0.29) is 0 Å².